The largest absolute Gasteiger partial charge is 0.384 e. The monoisotopic (exact) mass is 265 g/mol. The lowest BCUT2D eigenvalue weighted by atomic mass is 10.2. The van der Waals surface area contributed by atoms with Crippen LogP contribution >= 0.6 is 11.8 Å². The summed E-state index contributed by atoms with van der Waals surface area (Å²) in [4.78, 5) is 12.2. The van der Waals surface area contributed by atoms with Gasteiger partial charge in [0.05, 0.1) is 0 Å². The molecule has 0 aliphatic carbocycles. The smallest absolute Gasteiger partial charge is 0.252 e. The number of allylic oxidation sites excluding steroid dienone is 1. The molecule has 0 heterocycles. The molecule has 3 nitrogen and oxygen atoms in total. The summed E-state index contributed by atoms with van der Waals surface area (Å²) in [5.74, 6) is -0.387. The Kier molecular flexibility index (Phi) is 5.95. The van der Waals surface area contributed by atoms with Crippen LogP contribution in [-0.4, -0.2) is 17.1 Å². The van der Waals surface area contributed by atoms with E-state index in [1.807, 2.05) is 25.1 Å². The molecule has 98 valence electrons. The van der Waals surface area contributed by atoms with E-state index in [1.165, 1.54) is 12.5 Å². The normalized spacial score (nSPS) is 15.0. The number of hydrogen-bond donors (Lipinski definition) is 2. The maximum Gasteiger partial charge on any atom is 0.252 e. The number of aliphatic hydroxyl groups excluding tert-OH is 1. The van der Waals surface area contributed by atoms with Crippen molar-refractivity contribution in [2.45, 2.75) is 32.1 Å². The van der Waals surface area contributed by atoms with Crippen LogP contribution in [0.3, 0.4) is 0 Å². The molecule has 0 aliphatic heterocycles. The van der Waals surface area contributed by atoms with E-state index in [2.05, 4.69) is 24.4 Å². The van der Waals surface area contributed by atoms with Crippen molar-refractivity contribution in [1.29, 1.82) is 0 Å². The first-order valence-electron chi connectivity index (χ1n) is 5.87. The molecule has 1 amide bonds. The second-order valence-corrected chi connectivity index (χ2v) is 5.70. The highest BCUT2D eigenvalue weighted by Gasteiger charge is 2.08. The van der Waals surface area contributed by atoms with E-state index in [0.29, 0.717) is 5.25 Å². The van der Waals surface area contributed by atoms with E-state index in [0.717, 1.165) is 4.91 Å². The summed E-state index contributed by atoms with van der Waals surface area (Å²) in [5, 5.41) is 11.9. The van der Waals surface area contributed by atoms with Crippen LogP contribution < -0.4 is 5.32 Å². The van der Waals surface area contributed by atoms with E-state index < -0.39 is 6.10 Å². The zero-order chi connectivity index (χ0) is 13.5. The molecular formula is C14H19NO2S. The van der Waals surface area contributed by atoms with E-state index >= 15 is 0 Å². The molecule has 18 heavy (non-hydrogen) atoms. The zero-order valence-corrected chi connectivity index (χ0v) is 11.7. The Morgan fingerprint density at radius 3 is 2.50 bits per heavy atom. The van der Waals surface area contributed by atoms with Crippen molar-refractivity contribution in [3.8, 4) is 0 Å². The third-order valence-corrected chi connectivity index (χ3v) is 3.54. The first-order valence-corrected chi connectivity index (χ1v) is 6.75. The number of carbonyl (C=O) groups excluding carboxylic acids is 1. The Balaban J connectivity index is 2.52. The molecule has 0 saturated heterocycles. The van der Waals surface area contributed by atoms with Gasteiger partial charge in [-0.1, -0.05) is 30.3 Å². The second-order valence-electron chi connectivity index (χ2n) is 4.11. The van der Waals surface area contributed by atoms with Gasteiger partial charge in [0.25, 0.3) is 5.91 Å². The lowest BCUT2D eigenvalue weighted by molar-refractivity contribution is -0.127. The topological polar surface area (TPSA) is 49.3 Å². The molecule has 0 aliphatic rings. The van der Waals surface area contributed by atoms with Crippen LogP contribution in [0.1, 0.15) is 31.6 Å². The third-order valence-electron chi connectivity index (χ3n) is 2.43. The minimum atomic E-state index is -0.981. The molecule has 2 N–H and O–H groups in total. The molecule has 1 aromatic carbocycles. The maximum atomic E-state index is 11.2. The number of thioether (sulfide) groups is 1. The molecule has 4 heteroatoms. The molecule has 1 rings (SSSR count). The van der Waals surface area contributed by atoms with Crippen LogP contribution in [0.2, 0.25) is 0 Å². The Morgan fingerprint density at radius 2 is 1.94 bits per heavy atom. The molecule has 0 spiro atoms. The summed E-state index contributed by atoms with van der Waals surface area (Å²) in [5.41, 5.74) is 1.25. The van der Waals surface area contributed by atoms with Crippen LogP contribution in [0, 0.1) is 0 Å². The molecule has 2 atom stereocenters. The van der Waals surface area contributed by atoms with Crippen molar-refractivity contribution in [2.75, 3.05) is 0 Å². The van der Waals surface area contributed by atoms with Gasteiger partial charge in [-0.15, -0.1) is 11.8 Å². The second kappa shape index (κ2) is 7.24. The van der Waals surface area contributed by atoms with Gasteiger partial charge in [-0.25, -0.2) is 0 Å². The highest BCUT2D eigenvalue weighted by atomic mass is 32.2. The summed E-state index contributed by atoms with van der Waals surface area (Å²) < 4.78 is 0. The fourth-order valence-corrected chi connectivity index (χ4v) is 2.38. The first-order chi connectivity index (χ1) is 8.50. The van der Waals surface area contributed by atoms with Crippen LogP contribution in [0.4, 0.5) is 0 Å². The van der Waals surface area contributed by atoms with E-state index in [1.54, 1.807) is 18.0 Å². The highest BCUT2D eigenvalue weighted by molar-refractivity contribution is 8.03. The van der Waals surface area contributed by atoms with Crippen molar-refractivity contribution in [1.82, 2.24) is 5.32 Å². The summed E-state index contributed by atoms with van der Waals surface area (Å²) >= 11 is 1.67. The summed E-state index contributed by atoms with van der Waals surface area (Å²) in [6.07, 6.45) is 0.657. The van der Waals surface area contributed by atoms with Gasteiger partial charge in [0, 0.05) is 11.4 Å². The highest BCUT2D eigenvalue weighted by Crippen LogP contribution is 2.33. The quantitative estimate of drug-likeness (QED) is 0.860. The summed E-state index contributed by atoms with van der Waals surface area (Å²) in [6.45, 7) is 5.50. The number of amides is 1. The van der Waals surface area contributed by atoms with Crippen LogP contribution in [-0.2, 0) is 4.79 Å². The van der Waals surface area contributed by atoms with E-state index in [9.17, 15) is 4.79 Å². The Hall–Kier alpha value is -1.26. The summed E-state index contributed by atoms with van der Waals surface area (Å²) in [6, 6.07) is 10.2. The predicted molar refractivity (Wildman–Crippen MR) is 76.0 cm³/mol. The Bertz CT molecular complexity index is 415. The Morgan fingerprint density at radius 1 is 1.33 bits per heavy atom. The zero-order valence-electron chi connectivity index (χ0n) is 10.9. The molecular weight excluding hydrogens is 246 g/mol. The first kappa shape index (κ1) is 14.8. The molecule has 0 radical (unpaired) electrons. The molecule has 1 aromatic rings. The number of carbonyl (C=O) groups is 1. The number of benzene rings is 1. The van der Waals surface area contributed by atoms with Crippen molar-refractivity contribution in [3.63, 3.8) is 0 Å². The molecule has 0 fully saturated rings. The van der Waals surface area contributed by atoms with E-state index in [4.69, 9.17) is 5.11 Å². The molecule has 0 aromatic heterocycles. The van der Waals surface area contributed by atoms with Gasteiger partial charge < -0.3 is 10.4 Å². The van der Waals surface area contributed by atoms with Crippen LogP contribution in [0.5, 0.6) is 0 Å². The number of rotatable bonds is 5. The number of aliphatic hydroxyl groups is 1. The lowest BCUT2D eigenvalue weighted by Gasteiger charge is -2.12. The van der Waals surface area contributed by atoms with Crippen molar-refractivity contribution < 1.29 is 9.90 Å². The van der Waals surface area contributed by atoms with Crippen LogP contribution in [0.15, 0.2) is 41.4 Å². The van der Waals surface area contributed by atoms with Crippen molar-refractivity contribution >= 4 is 17.7 Å². The molecule has 2 unspecified atom stereocenters. The standard InChI is InChI=1S/C14H19NO2S/c1-10(9-15-14(17)11(2)16)18-12(3)13-7-5-4-6-8-13/h4-9,11-12,16H,1-3H3,(H,15,17). The lowest BCUT2D eigenvalue weighted by Crippen LogP contribution is -2.28. The number of nitrogens with one attached hydrogen (secondary N) is 1. The van der Waals surface area contributed by atoms with E-state index in [-0.39, 0.29) is 5.91 Å². The predicted octanol–water partition coefficient (Wildman–Crippen LogP) is 2.84. The Labute approximate surface area is 112 Å². The maximum absolute atomic E-state index is 11.2. The van der Waals surface area contributed by atoms with Crippen LogP contribution in [0.25, 0.3) is 0 Å². The minimum absolute atomic E-state index is 0.325. The van der Waals surface area contributed by atoms with Gasteiger partial charge >= 0.3 is 0 Å². The van der Waals surface area contributed by atoms with Gasteiger partial charge in [-0.05, 0) is 31.2 Å². The summed E-state index contributed by atoms with van der Waals surface area (Å²) in [7, 11) is 0. The average molecular weight is 265 g/mol. The minimum Gasteiger partial charge on any atom is -0.384 e. The van der Waals surface area contributed by atoms with Crippen molar-refractivity contribution in [2.24, 2.45) is 0 Å². The van der Waals surface area contributed by atoms with Crippen molar-refractivity contribution in [3.05, 3.63) is 47.0 Å². The number of hydrogen-bond acceptors (Lipinski definition) is 3. The van der Waals surface area contributed by atoms with Gasteiger partial charge in [-0.2, -0.15) is 0 Å². The fraction of sp³-hybridized carbons (Fsp3) is 0.357. The molecule has 0 bridgehead atoms. The SMILES string of the molecule is CC(=CNC(=O)C(C)O)SC(C)c1ccccc1. The molecule has 0 saturated carbocycles. The third kappa shape index (κ3) is 4.94. The van der Waals surface area contributed by atoms with Gasteiger partial charge in [0.15, 0.2) is 0 Å². The van der Waals surface area contributed by atoms with Gasteiger partial charge in [-0.3, -0.25) is 4.79 Å². The van der Waals surface area contributed by atoms with Gasteiger partial charge in [0.2, 0.25) is 0 Å². The average Bonchev–Trinajstić information content (AvgIpc) is 2.36. The van der Waals surface area contributed by atoms with Gasteiger partial charge in [0.1, 0.15) is 6.10 Å². The fourth-order valence-electron chi connectivity index (χ4n) is 1.40.